The number of Topliss-reactive ketones (excluding diaryl/α,β-unsaturated/α-hetero) is 1. The van der Waals surface area contributed by atoms with Crippen LogP contribution in [0, 0.1) is 0 Å². The molecule has 4 atom stereocenters. The van der Waals surface area contributed by atoms with Gasteiger partial charge in [0.05, 0.1) is 42.6 Å². The minimum atomic E-state index is -1.10. The van der Waals surface area contributed by atoms with Crippen molar-refractivity contribution in [3.63, 3.8) is 0 Å². The zero-order chi connectivity index (χ0) is 43.0. The molecule has 0 radical (unpaired) electrons. The second-order valence-corrected chi connectivity index (χ2v) is 16.4. The molecule has 7 rings (SSSR count). The van der Waals surface area contributed by atoms with Crippen molar-refractivity contribution in [1.82, 2.24) is 30.4 Å². The highest BCUT2D eigenvalue weighted by Gasteiger charge is 2.46. The van der Waals surface area contributed by atoms with Gasteiger partial charge in [0.2, 0.25) is 17.7 Å². The molecule has 324 valence electrons. The number of ether oxygens (including phenoxy) is 3. The van der Waals surface area contributed by atoms with Crippen LogP contribution in [0.3, 0.4) is 0 Å². The van der Waals surface area contributed by atoms with Gasteiger partial charge in [0, 0.05) is 69.3 Å². The van der Waals surface area contributed by atoms with Gasteiger partial charge in [-0.1, -0.05) is 43.6 Å². The topological polar surface area (TPSA) is 190 Å². The number of ketones is 1. The van der Waals surface area contributed by atoms with Gasteiger partial charge >= 0.3 is 0 Å². The summed E-state index contributed by atoms with van der Waals surface area (Å²) in [5, 5.41) is 6.17. The first kappa shape index (κ1) is 43.8. The molecule has 2 aromatic carbocycles. The number of benzene rings is 2. The molecule has 1 aromatic heterocycles. The van der Waals surface area contributed by atoms with E-state index in [4.69, 9.17) is 25.8 Å². The quantitative estimate of drug-likeness (QED) is 0.132. The summed E-state index contributed by atoms with van der Waals surface area (Å²) in [7, 11) is 0. The van der Waals surface area contributed by atoms with Crippen LogP contribution in [-0.2, 0) is 28.7 Å². The Kier molecular flexibility index (Phi) is 14.4. The predicted octanol–water partition coefficient (Wildman–Crippen LogP) is 3.63. The van der Waals surface area contributed by atoms with Crippen molar-refractivity contribution in [1.29, 1.82) is 0 Å². The third kappa shape index (κ3) is 10.1. The number of carbonyl (C=O) groups is 6. The van der Waals surface area contributed by atoms with E-state index in [-0.39, 0.29) is 60.4 Å². The fourth-order valence-corrected chi connectivity index (χ4v) is 8.72. The van der Waals surface area contributed by atoms with Crippen LogP contribution in [-0.4, -0.2) is 133 Å². The van der Waals surface area contributed by atoms with E-state index >= 15 is 0 Å². The number of nitrogens with zero attached hydrogens (tertiary/aromatic N) is 5. The van der Waals surface area contributed by atoms with Crippen molar-refractivity contribution in [2.45, 2.75) is 69.7 Å². The highest BCUT2D eigenvalue weighted by Crippen LogP contribution is 2.44. The molecule has 5 amide bonds. The minimum absolute atomic E-state index is 0.00475. The molecule has 0 saturated carbocycles. The second kappa shape index (κ2) is 20.1. The molecular weight excluding hydrogens is 806 g/mol. The largest absolute Gasteiger partial charge is 0.485 e. The summed E-state index contributed by atoms with van der Waals surface area (Å²) < 4.78 is 17.1. The maximum absolute atomic E-state index is 14.0. The number of nitrogens with one attached hydrogen (secondary N) is 2. The molecule has 61 heavy (non-hydrogen) atoms. The van der Waals surface area contributed by atoms with E-state index in [0.717, 1.165) is 28.4 Å². The summed E-state index contributed by atoms with van der Waals surface area (Å²) in [6.45, 7) is 9.20. The maximum Gasteiger partial charge on any atom is 0.266 e. The van der Waals surface area contributed by atoms with Gasteiger partial charge in [-0.2, -0.15) is 0 Å². The molecule has 2 N–H and O–H groups in total. The van der Waals surface area contributed by atoms with Gasteiger partial charge in [-0.3, -0.25) is 39.0 Å². The van der Waals surface area contributed by atoms with Crippen molar-refractivity contribution < 1.29 is 43.0 Å². The number of carbonyl (C=O) groups excluding carboxylic acids is 6. The van der Waals surface area contributed by atoms with E-state index in [9.17, 15) is 28.8 Å². The lowest BCUT2D eigenvalue weighted by atomic mass is 9.97. The van der Waals surface area contributed by atoms with E-state index in [0.29, 0.717) is 89.0 Å². The molecule has 1 aliphatic carbocycles. The van der Waals surface area contributed by atoms with Crippen LogP contribution in [0.1, 0.15) is 101 Å². The third-order valence-electron chi connectivity index (χ3n) is 11.7. The lowest BCUT2D eigenvalue weighted by Gasteiger charge is -2.38. The number of rotatable bonds is 19. The second-order valence-electron chi connectivity index (χ2n) is 15.9. The minimum Gasteiger partial charge on any atom is -0.485 e. The highest BCUT2D eigenvalue weighted by atomic mass is 35.5. The Morgan fingerprint density at radius 1 is 0.918 bits per heavy atom. The molecular formula is C44H52ClN7O9. The van der Waals surface area contributed by atoms with Gasteiger partial charge < -0.3 is 29.3 Å². The molecule has 0 bridgehead atoms. The molecule has 16 nitrogen and oxygen atoms in total. The fourth-order valence-electron chi connectivity index (χ4n) is 8.60. The number of fused-ring (bicyclic) bond motifs is 2. The number of hydrogen-bond acceptors (Lipinski definition) is 13. The Balaban J connectivity index is 0.779. The van der Waals surface area contributed by atoms with Crippen LogP contribution in [0.5, 0.6) is 5.75 Å². The predicted molar refractivity (Wildman–Crippen MR) is 224 cm³/mol. The van der Waals surface area contributed by atoms with Crippen molar-refractivity contribution in [3.8, 4) is 5.75 Å². The van der Waals surface area contributed by atoms with Crippen LogP contribution >= 0.6 is 11.6 Å². The van der Waals surface area contributed by atoms with Gasteiger partial charge in [0.1, 0.15) is 30.5 Å². The standard InChI is InChI=1S/C44H52ClN7O9/c1-27-23-28(2)39-37(27)40(48-26-47-39)50-15-17-51(18-16-50)42(56)33(29-8-10-30(45)11-9-29)24-46-14-20-60-22-21-59-19-4-5-31(53)25-61-35-7-3-6-32-38(35)44(58)52(43(32)57)34-12-13-36(54)49-41(34)55/h3,6-11,26-28,33-34,46H,4-5,12-25H2,1-2H3,(H,49,54,55)/t27-,28-,33-,34?/m1/s1. The van der Waals surface area contributed by atoms with Crippen LogP contribution in [0.25, 0.3) is 0 Å². The van der Waals surface area contributed by atoms with E-state index in [1.165, 1.54) is 17.7 Å². The van der Waals surface area contributed by atoms with Gasteiger partial charge in [-0.25, -0.2) is 9.97 Å². The first-order valence-electron chi connectivity index (χ1n) is 21.0. The monoisotopic (exact) mass is 857 g/mol. The molecule has 3 aromatic rings. The molecule has 4 heterocycles. The zero-order valence-electron chi connectivity index (χ0n) is 34.5. The maximum atomic E-state index is 14.0. The summed E-state index contributed by atoms with van der Waals surface area (Å²) >= 11 is 6.19. The van der Waals surface area contributed by atoms with Crippen LogP contribution in [0.15, 0.2) is 48.8 Å². The molecule has 2 fully saturated rings. The van der Waals surface area contributed by atoms with Crippen molar-refractivity contribution >= 4 is 52.7 Å². The number of imide groups is 2. The number of anilines is 1. The first-order valence-corrected chi connectivity index (χ1v) is 21.4. The highest BCUT2D eigenvalue weighted by molar-refractivity contribution is 6.30. The molecule has 1 unspecified atom stereocenters. The van der Waals surface area contributed by atoms with Gasteiger partial charge in [0.15, 0.2) is 5.78 Å². The molecule has 2 saturated heterocycles. The summed E-state index contributed by atoms with van der Waals surface area (Å²) in [5.41, 5.74) is 3.37. The van der Waals surface area contributed by atoms with Crippen molar-refractivity contribution in [2.75, 3.05) is 77.2 Å². The SMILES string of the molecule is C[C@@H]1C[C@@H](C)c2c1ncnc2N1CCN(C(=O)[C@H](CNCCOCCOCCCC(=O)COc2cccc3c2C(=O)N(C2CCC(=O)NC2=O)C3=O)c2ccc(Cl)cc2)CC1. The van der Waals surface area contributed by atoms with Crippen LogP contribution in [0.4, 0.5) is 5.82 Å². The first-order chi connectivity index (χ1) is 29.5. The average molecular weight is 858 g/mol. The van der Waals surface area contributed by atoms with Crippen molar-refractivity contribution in [3.05, 3.63) is 81.8 Å². The van der Waals surface area contributed by atoms with E-state index in [1.807, 2.05) is 29.2 Å². The van der Waals surface area contributed by atoms with Gasteiger partial charge in [0.25, 0.3) is 11.8 Å². The number of piperidine rings is 1. The number of amides is 5. The number of hydrogen-bond donors (Lipinski definition) is 2. The molecule has 4 aliphatic rings. The Morgan fingerprint density at radius 2 is 1.67 bits per heavy atom. The smallest absolute Gasteiger partial charge is 0.266 e. The zero-order valence-corrected chi connectivity index (χ0v) is 35.3. The Morgan fingerprint density at radius 3 is 2.43 bits per heavy atom. The molecule has 17 heteroatoms. The lowest BCUT2D eigenvalue weighted by molar-refractivity contribution is -0.136. The lowest BCUT2D eigenvalue weighted by Crippen LogP contribution is -2.54. The molecule has 0 spiro atoms. The number of halogens is 1. The summed E-state index contributed by atoms with van der Waals surface area (Å²) in [4.78, 5) is 91.1. The summed E-state index contributed by atoms with van der Waals surface area (Å²) in [6.07, 6.45) is 3.43. The summed E-state index contributed by atoms with van der Waals surface area (Å²) in [6, 6.07) is 10.8. The van der Waals surface area contributed by atoms with Crippen LogP contribution < -0.4 is 20.3 Å². The van der Waals surface area contributed by atoms with E-state index in [2.05, 4.69) is 39.3 Å². The number of piperazine rings is 1. The Bertz CT molecular complexity index is 2130. The normalized spacial score (nSPS) is 20.4. The Hall–Kier alpha value is -5.29. The van der Waals surface area contributed by atoms with Crippen LogP contribution in [0.2, 0.25) is 5.02 Å². The fraction of sp³-hybridized carbons (Fsp3) is 0.500. The molecule has 3 aliphatic heterocycles. The number of aromatic nitrogens is 2. The van der Waals surface area contributed by atoms with E-state index in [1.54, 1.807) is 12.4 Å². The average Bonchev–Trinajstić information content (AvgIpc) is 3.70. The van der Waals surface area contributed by atoms with Gasteiger partial charge in [-0.15, -0.1) is 0 Å². The summed E-state index contributed by atoms with van der Waals surface area (Å²) in [5.74, 6) is -1.13. The van der Waals surface area contributed by atoms with Gasteiger partial charge in [-0.05, 0) is 60.9 Å². The van der Waals surface area contributed by atoms with Crippen molar-refractivity contribution in [2.24, 2.45) is 0 Å². The third-order valence-corrected chi connectivity index (χ3v) is 12.0. The Labute approximate surface area is 359 Å². The van der Waals surface area contributed by atoms with E-state index < -0.39 is 29.7 Å².